The fourth-order valence-corrected chi connectivity index (χ4v) is 1.15. The zero-order chi connectivity index (χ0) is 11.3. The highest BCUT2D eigenvalue weighted by Gasteiger charge is 1.96. The Bertz CT molecular complexity index is 393. The Hall–Kier alpha value is -1.96. The van der Waals surface area contributed by atoms with Crippen LogP contribution in [0.2, 0.25) is 0 Å². The highest BCUT2D eigenvalue weighted by molar-refractivity contribution is 5.74. The molecule has 0 unspecified atom stereocenters. The van der Waals surface area contributed by atoms with Gasteiger partial charge in [0.15, 0.2) is 0 Å². The van der Waals surface area contributed by atoms with Crippen molar-refractivity contribution in [3.05, 3.63) is 60.4 Å². The van der Waals surface area contributed by atoms with Crippen LogP contribution in [0, 0.1) is 0 Å². The predicted octanol–water partition coefficient (Wildman–Crippen LogP) is 3.42. The number of aromatic hydroxyl groups is 1. The Balaban J connectivity index is 3.02. The van der Waals surface area contributed by atoms with E-state index in [0.717, 1.165) is 11.1 Å². The van der Waals surface area contributed by atoms with Gasteiger partial charge in [-0.1, -0.05) is 30.9 Å². The molecule has 0 heterocycles. The van der Waals surface area contributed by atoms with E-state index in [1.54, 1.807) is 49.4 Å². The van der Waals surface area contributed by atoms with Gasteiger partial charge in [-0.25, -0.2) is 0 Å². The first kappa shape index (κ1) is 11.1. The SMILES string of the molecule is C=C/C(=C\C=C(/C)O)c1ccc(O)cc1. The number of hydrogen-bond acceptors (Lipinski definition) is 2. The van der Waals surface area contributed by atoms with E-state index in [9.17, 15) is 0 Å². The zero-order valence-electron chi connectivity index (χ0n) is 8.64. The second kappa shape index (κ2) is 5.05. The molecule has 0 aliphatic rings. The molecule has 15 heavy (non-hydrogen) atoms. The first-order valence-electron chi connectivity index (χ1n) is 4.63. The van der Waals surface area contributed by atoms with E-state index >= 15 is 0 Å². The van der Waals surface area contributed by atoms with Gasteiger partial charge in [-0.3, -0.25) is 0 Å². The van der Waals surface area contributed by atoms with Crippen molar-refractivity contribution >= 4 is 5.57 Å². The second-order valence-electron chi connectivity index (χ2n) is 3.18. The molecule has 0 atom stereocenters. The van der Waals surface area contributed by atoms with Crippen LogP contribution in [0.3, 0.4) is 0 Å². The molecule has 1 aromatic carbocycles. The number of aliphatic hydroxyl groups is 1. The summed E-state index contributed by atoms with van der Waals surface area (Å²) in [5, 5.41) is 18.2. The van der Waals surface area contributed by atoms with Crippen molar-refractivity contribution in [1.82, 2.24) is 0 Å². The Morgan fingerprint density at radius 2 is 1.80 bits per heavy atom. The largest absolute Gasteiger partial charge is 0.513 e. The van der Waals surface area contributed by atoms with Crippen LogP contribution in [0.1, 0.15) is 12.5 Å². The Morgan fingerprint density at radius 3 is 2.27 bits per heavy atom. The molecule has 0 fully saturated rings. The number of phenolic OH excluding ortho intramolecular Hbond substituents is 1. The minimum atomic E-state index is 0.232. The summed E-state index contributed by atoms with van der Waals surface area (Å²) in [6.45, 7) is 5.30. The molecule has 0 aliphatic heterocycles. The van der Waals surface area contributed by atoms with Gasteiger partial charge in [0.1, 0.15) is 5.75 Å². The number of hydrogen-bond donors (Lipinski definition) is 2. The summed E-state index contributed by atoms with van der Waals surface area (Å²) >= 11 is 0. The van der Waals surface area contributed by atoms with Gasteiger partial charge in [-0.15, -0.1) is 0 Å². The van der Waals surface area contributed by atoms with Gasteiger partial charge < -0.3 is 10.2 Å². The van der Waals surface area contributed by atoms with Crippen molar-refractivity contribution in [2.45, 2.75) is 6.92 Å². The molecule has 78 valence electrons. The molecule has 0 aromatic heterocycles. The van der Waals surface area contributed by atoms with Crippen molar-refractivity contribution in [1.29, 1.82) is 0 Å². The van der Waals surface area contributed by atoms with Crippen LogP contribution in [0.25, 0.3) is 5.57 Å². The highest BCUT2D eigenvalue weighted by Crippen LogP contribution is 2.18. The van der Waals surface area contributed by atoms with E-state index in [0.29, 0.717) is 0 Å². The van der Waals surface area contributed by atoms with Crippen LogP contribution < -0.4 is 0 Å². The lowest BCUT2D eigenvalue weighted by Crippen LogP contribution is -1.79. The lowest BCUT2D eigenvalue weighted by Gasteiger charge is -2.01. The van der Waals surface area contributed by atoms with Crippen LogP contribution in [0.15, 0.2) is 54.8 Å². The maximum Gasteiger partial charge on any atom is 0.115 e. The van der Waals surface area contributed by atoms with Crippen LogP contribution in [0.5, 0.6) is 5.75 Å². The molecular formula is C13H14O2. The van der Waals surface area contributed by atoms with E-state index in [4.69, 9.17) is 10.2 Å². The lowest BCUT2D eigenvalue weighted by molar-refractivity contribution is 0.414. The van der Waals surface area contributed by atoms with Crippen molar-refractivity contribution < 1.29 is 10.2 Å². The van der Waals surface area contributed by atoms with E-state index in [-0.39, 0.29) is 11.5 Å². The summed E-state index contributed by atoms with van der Waals surface area (Å²) < 4.78 is 0. The molecule has 0 radical (unpaired) electrons. The van der Waals surface area contributed by atoms with Crippen molar-refractivity contribution in [3.63, 3.8) is 0 Å². The molecule has 0 saturated heterocycles. The lowest BCUT2D eigenvalue weighted by atomic mass is 10.1. The molecule has 2 nitrogen and oxygen atoms in total. The van der Waals surface area contributed by atoms with Crippen LogP contribution in [0.4, 0.5) is 0 Å². The number of rotatable bonds is 3. The van der Waals surface area contributed by atoms with E-state index in [1.807, 2.05) is 0 Å². The molecule has 0 saturated carbocycles. The van der Waals surface area contributed by atoms with Gasteiger partial charge in [-0.05, 0) is 36.3 Å². The normalized spacial score (nSPS) is 12.6. The van der Waals surface area contributed by atoms with E-state index in [1.165, 1.54) is 0 Å². The third-order valence-electron chi connectivity index (χ3n) is 1.92. The summed E-state index contributed by atoms with van der Waals surface area (Å²) in [5.41, 5.74) is 1.84. The quantitative estimate of drug-likeness (QED) is 0.582. The number of benzene rings is 1. The molecule has 1 rings (SSSR count). The van der Waals surface area contributed by atoms with Gasteiger partial charge in [0, 0.05) is 0 Å². The smallest absolute Gasteiger partial charge is 0.115 e. The Morgan fingerprint density at radius 1 is 1.20 bits per heavy atom. The van der Waals surface area contributed by atoms with Crippen LogP contribution >= 0.6 is 0 Å². The average molecular weight is 202 g/mol. The number of aliphatic hydroxyl groups excluding tert-OH is 1. The summed E-state index contributed by atoms with van der Waals surface area (Å²) in [4.78, 5) is 0. The minimum absolute atomic E-state index is 0.232. The van der Waals surface area contributed by atoms with Gasteiger partial charge in [0.05, 0.1) is 5.76 Å². The zero-order valence-corrected chi connectivity index (χ0v) is 8.64. The number of phenols is 1. The third kappa shape index (κ3) is 3.35. The van der Waals surface area contributed by atoms with Gasteiger partial charge in [0.25, 0.3) is 0 Å². The van der Waals surface area contributed by atoms with Crippen LogP contribution in [-0.4, -0.2) is 10.2 Å². The first-order chi connectivity index (χ1) is 7.13. The van der Waals surface area contributed by atoms with Gasteiger partial charge >= 0.3 is 0 Å². The first-order valence-corrected chi connectivity index (χ1v) is 4.63. The molecule has 2 heteroatoms. The molecule has 0 bridgehead atoms. The van der Waals surface area contributed by atoms with Crippen molar-refractivity contribution in [3.8, 4) is 5.75 Å². The van der Waals surface area contributed by atoms with Crippen LogP contribution in [-0.2, 0) is 0 Å². The summed E-state index contributed by atoms with van der Waals surface area (Å²) in [6, 6.07) is 6.82. The number of allylic oxidation sites excluding steroid dienone is 5. The van der Waals surface area contributed by atoms with Crippen molar-refractivity contribution in [2.24, 2.45) is 0 Å². The molecular weight excluding hydrogens is 188 g/mol. The predicted molar refractivity (Wildman–Crippen MR) is 62.7 cm³/mol. The maximum atomic E-state index is 9.13. The fraction of sp³-hybridized carbons (Fsp3) is 0.0769. The van der Waals surface area contributed by atoms with E-state index in [2.05, 4.69) is 6.58 Å². The third-order valence-corrected chi connectivity index (χ3v) is 1.92. The highest BCUT2D eigenvalue weighted by atomic mass is 16.3. The molecule has 1 aromatic rings. The Kier molecular flexibility index (Phi) is 3.75. The standard InChI is InChI=1S/C13H14O2/c1-3-11(5-4-10(2)14)12-6-8-13(15)9-7-12/h3-9,14-15H,1H2,2H3/b10-4+,11-5+. The van der Waals surface area contributed by atoms with Gasteiger partial charge in [0.2, 0.25) is 0 Å². The summed E-state index contributed by atoms with van der Waals surface area (Å²) in [6.07, 6.45) is 5.07. The maximum absolute atomic E-state index is 9.13. The monoisotopic (exact) mass is 202 g/mol. The second-order valence-corrected chi connectivity index (χ2v) is 3.18. The minimum Gasteiger partial charge on any atom is -0.513 e. The molecule has 0 amide bonds. The van der Waals surface area contributed by atoms with Gasteiger partial charge in [-0.2, -0.15) is 0 Å². The molecule has 2 N–H and O–H groups in total. The average Bonchev–Trinajstić information content (AvgIpc) is 2.21. The molecule has 0 spiro atoms. The summed E-state index contributed by atoms with van der Waals surface area (Å²) in [5.74, 6) is 0.476. The fourth-order valence-electron chi connectivity index (χ4n) is 1.15. The molecule has 0 aliphatic carbocycles. The van der Waals surface area contributed by atoms with E-state index < -0.39 is 0 Å². The Labute approximate surface area is 89.5 Å². The topological polar surface area (TPSA) is 40.5 Å². The summed E-state index contributed by atoms with van der Waals surface area (Å²) in [7, 11) is 0. The van der Waals surface area contributed by atoms with Crippen molar-refractivity contribution in [2.75, 3.05) is 0 Å².